The van der Waals surface area contributed by atoms with Gasteiger partial charge in [0.25, 0.3) is 0 Å². The fourth-order valence-electron chi connectivity index (χ4n) is 1.89. The number of benzene rings is 1. The highest BCUT2D eigenvalue weighted by atomic mass is 32.2. The van der Waals surface area contributed by atoms with Crippen LogP contribution in [-0.2, 0) is 20.0 Å². The molecule has 0 amide bonds. The first kappa shape index (κ1) is 18.1. The van der Waals surface area contributed by atoms with Gasteiger partial charge in [-0.1, -0.05) is 12.1 Å². The monoisotopic (exact) mass is 334 g/mol. The standard InChI is InChI=1S/C13H22N2O4S2/c1-10-6-7-11(2)12(8-10)21(18,19)14-9-13(3,4)15-20(5,16)17/h6-8,14-15H,9H2,1-5H3. The largest absolute Gasteiger partial charge is 0.240 e. The topological polar surface area (TPSA) is 92.3 Å². The third kappa shape index (κ3) is 5.74. The van der Waals surface area contributed by atoms with Crippen molar-refractivity contribution in [2.45, 2.75) is 38.1 Å². The quantitative estimate of drug-likeness (QED) is 0.809. The Bertz CT molecular complexity index is 723. The molecule has 1 rings (SSSR count). The molecule has 21 heavy (non-hydrogen) atoms. The Morgan fingerprint density at radius 2 is 1.67 bits per heavy atom. The van der Waals surface area contributed by atoms with E-state index in [1.54, 1.807) is 32.9 Å². The van der Waals surface area contributed by atoms with Crippen LogP contribution in [0.4, 0.5) is 0 Å². The van der Waals surface area contributed by atoms with Crippen LogP contribution in [0.5, 0.6) is 0 Å². The van der Waals surface area contributed by atoms with Crippen LogP contribution in [0.15, 0.2) is 23.1 Å². The van der Waals surface area contributed by atoms with E-state index >= 15 is 0 Å². The van der Waals surface area contributed by atoms with Gasteiger partial charge in [0, 0.05) is 12.1 Å². The zero-order valence-corrected chi connectivity index (χ0v) is 14.5. The van der Waals surface area contributed by atoms with Crippen LogP contribution < -0.4 is 9.44 Å². The van der Waals surface area contributed by atoms with E-state index in [-0.39, 0.29) is 11.4 Å². The molecule has 0 atom stereocenters. The van der Waals surface area contributed by atoms with E-state index < -0.39 is 25.6 Å². The van der Waals surface area contributed by atoms with Crippen molar-refractivity contribution in [1.82, 2.24) is 9.44 Å². The van der Waals surface area contributed by atoms with Crippen LogP contribution in [0.3, 0.4) is 0 Å². The molecule has 0 saturated heterocycles. The van der Waals surface area contributed by atoms with Gasteiger partial charge in [-0.15, -0.1) is 0 Å². The lowest BCUT2D eigenvalue weighted by molar-refractivity contribution is 0.446. The van der Waals surface area contributed by atoms with Crippen molar-refractivity contribution in [2.75, 3.05) is 12.8 Å². The minimum absolute atomic E-state index is 0.0458. The molecular formula is C13H22N2O4S2. The van der Waals surface area contributed by atoms with Crippen molar-refractivity contribution in [1.29, 1.82) is 0 Å². The van der Waals surface area contributed by atoms with Gasteiger partial charge in [0.15, 0.2) is 0 Å². The summed E-state index contributed by atoms with van der Waals surface area (Å²) in [5, 5.41) is 0. The van der Waals surface area contributed by atoms with Crippen molar-refractivity contribution in [3.8, 4) is 0 Å². The Morgan fingerprint density at radius 1 is 1.10 bits per heavy atom. The Labute approximate surface area is 127 Å². The molecule has 2 N–H and O–H groups in total. The van der Waals surface area contributed by atoms with Gasteiger partial charge >= 0.3 is 0 Å². The average molecular weight is 334 g/mol. The molecule has 0 aliphatic heterocycles. The van der Waals surface area contributed by atoms with Crippen LogP contribution >= 0.6 is 0 Å². The molecule has 1 aromatic rings. The smallest absolute Gasteiger partial charge is 0.213 e. The molecule has 0 unspecified atom stereocenters. The number of hydrogen-bond acceptors (Lipinski definition) is 4. The second-order valence-corrected chi connectivity index (χ2v) is 9.34. The van der Waals surface area contributed by atoms with E-state index in [0.717, 1.165) is 11.8 Å². The summed E-state index contributed by atoms with van der Waals surface area (Å²) in [7, 11) is -7.10. The summed E-state index contributed by atoms with van der Waals surface area (Å²) < 4.78 is 52.0. The number of aryl methyl sites for hydroxylation is 2. The van der Waals surface area contributed by atoms with E-state index in [4.69, 9.17) is 0 Å². The number of nitrogens with one attached hydrogen (secondary N) is 2. The highest BCUT2D eigenvalue weighted by molar-refractivity contribution is 7.89. The lowest BCUT2D eigenvalue weighted by Gasteiger charge is -2.25. The van der Waals surface area contributed by atoms with Crippen molar-refractivity contribution in [3.63, 3.8) is 0 Å². The molecule has 0 aliphatic rings. The summed E-state index contributed by atoms with van der Waals surface area (Å²) in [6, 6.07) is 5.17. The van der Waals surface area contributed by atoms with Crippen LogP contribution in [0, 0.1) is 13.8 Å². The minimum Gasteiger partial charge on any atom is -0.213 e. The van der Waals surface area contributed by atoms with Crippen molar-refractivity contribution >= 4 is 20.0 Å². The predicted octanol–water partition coefficient (Wildman–Crippen LogP) is 0.910. The van der Waals surface area contributed by atoms with Gasteiger partial charge in [-0.25, -0.2) is 26.3 Å². The number of hydrogen-bond donors (Lipinski definition) is 2. The van der Waals surface area contributed by atoms with Crippen molar-refractivity contribution in [2.24, 2.45) is 0 Å². The van der Waals surface area contributed by atoms with E-state index in [0.29, 0.717) is 5.56 Å². The minimum atomic E-state index is -3.69. The normalized spacial score (nSPS) is 13.4. The van der Waals surface area contributed by atoms with E-state index in [1.165, 1.54) is 0 Å². The zero-order chi connectivity index (χ0) is 16.5. The molecule has 0 spiro atoms. The Morgan fingerprint density at radius 3 is 2.19 bits per heavy atom. The first-order valence-electron chi connectivity index (χ1n) is 6.38. The lowest BCUT2D eigenvalue weighted by Crippen LogP contribution is -2.50. The molecule has 1 aromatic carbocycles. The van der Waals surface area contributed by atoms with E-state index in [2.05, 4.69) is 9.44 Å². The molecule has 0 fully saturated rings. The fraction of sp³-hybridized carbons (Fsp3) is 0.538. The number of sulfonamides is 2. The van der Waals surface area contributed by atoms with Crippen molar-refractivity contribution in [3.05, 3.63) is 29.3 Å². The molecular weight excluding hydrogens is 312 g/mol. The molecule has 0 radical (unpaired) electrons. The first-order chi connectivity index (χ1) is 9.32. The van der Waals surface area contributed by atoms with Gasteiger partial charge < -0.3 is 0 Å². The SMILES string of the molecule is Cc1ccc(C)c(S(=O)(=O)NCC(C)(C)NS(C)(=O)=O)c1. The van der Waals surface area contributed by atoms with Crippen LogP contribution in [0.1, 0.15) is 25.0 Å². The van der Waals surface area contributed by atoms with Crippen LogP contribution in [0.2, 0.25) is 0 Å². The highest BCUT2D eigenvalue weighted by Gasteiger charge is 2.25. The average Bonchev–Trinajstić information content (AvgIpc) is 2.27. The molecule has 0 aromatic heterocycles. The van der Waals surface area contributed by atoms with Crippen LogP contribution in [0.25, 0.3) is 0 Å². The maximum atomic E-state index is 12.3. The Balaban J connectivity index is 2.94. The maximum Gasteiger partial charge on any atom is 0.240 e. The molecule has 6 nitrogen and oxygen atoms in total. The third-order valence-corrected chi connectivity index (χ3v) is 5.27. The van der Waals surface area contributed by atoms with Gasteiger partial charge in [-0.3, -0.25) is 0 Å². The number of rotatable bonds is 6. The van der Waals surface area contributed by atoms with E-state index in [1.807, 2.05) is 13.0 Å². The first-order valence-corrected chi connectivity index (χ1v) is 9.76. The Hall–Kier alpha value is -0.960. The van der Waals surface area contributed by atoms with E-state index in [9.17, 15) is 16.8 Å². The molecule has 0 aliphatic carbocycles. The zero-order valence-electron chi connectivity index (χ0n) is 12.9. The molecule has 120 valence electrons. The summed E-state index contributed by atoms with van der Waals surface area (Å²) >= 11 is 0. The van der Waals surface area contributed by atoms with Crippen molar-refractivity contribution < 1.29 is 16.8 Å². The molecule has 0 saturated carbocycles. The third-order valence-electron chi connectivity index (χ3n) is 2.80. The summed E-state index contributed by atoms with van der Waals surface area (Å²) in [4.78, 5) is 0.206. The van der Waals surface area contributed by atoms with Gasteiger partial charge in [0.1, 0.15) is 0 Å². The molecule has 8 heteroatoms. The molecule has 0 bridgehead atoms. The van der Waals surface area contributed by atoms with Gasteiger partial charge in [0.05, 0.1) is 11.2 Å². The molecule has 0 heterocycles. The highest BCUT2D eigenvalue weighted by Crippen LogP contribution is 2.17. The second-order valence-electron chi connectivity index (χ2n) is 5.85. The lowest BCUT2D eigenvalue weighted by atomic mass is 10.1. The van der Waals surface area contributed by atoms with Gasteiger partial charge in [-0.2, -0.15) is 0 Å². The maximum absolute atomic E-state index is 12.3. The van der Waals surface area contributed by atoms with Gasteiger partial charge in [-0.05, 0) is 44.9 Å². The summed E-state index contributed by atoms with van der Waals surface area (Å²) in [5.74, 6) is 0. The summed E-state index contributed by atoms with van der Waals surface area (Å²) in [5.41, 5.74) is 0.565. The summed E-state index contributed by atoms with van der Waals surface area (Å²) in [6.45, 7) is 6.70. The second kappa shape index (κ2) is 6.04. The summed E-state index contributed by atoms with van der Waals surface area (Å²) in [6.07, 6.45) is 1.04. The fourth-order valence-corrected chi connectivity index (χ4v) is 4.50. The van der Waals surface area contributed by atoms with Crippen LogP contribution in [-0.4, -0.2) is 35.2 Å². The predicted molar refractivity (Wildman–Crippen MR) is 83.2 cm³/mol. The van der Waals surface area contributed by atoms with Gasteiger partial charge in [0.2, 0.25) is 20.0 Å². The Kier molecular flexibility index (Phi) is 5.20.